The SMILES string of the molecule is CC(C)CCNC(=O)C1CCN(C(=O)c2cc3sc(CC(C)NC(=O)C4CCN(C(=O)c5cc6sccc6n5Cc5ccc(F)cc5)CC4)cc3n2Cc2ccc(F)cc2)CC1. The monoisotopic (exact) mass is 880 g/mol. The number of hydrogen-bond donors (Lipinski definition) is 2. The summed E-state index contributed by atoms with van der Waals surface area (Å²) in [5.41, 5.74) is 4.82. The van der Waals surface area contributed by atoms with Crippen molar-refractivity contribution in [2.45, 2.75) is 78.4 Å². The Bertz CT molecular complexity index is 2540. The third-order valence-corrected chi connectivity index (χ3v) is 14.3. The van der Waals surface area contributed by atoms with Gasteiger partial charge >= 0.3 is 0 Å². The lowest BCUT2D eigenvalue weighted by molar-refractivity contribution is -0.127. The van der Waals surface area contributed by atoms with Crippen molar-refractivity contribution in [1.82, 2.24) is 29.6 Å². The highest BCUT2D eigenvalue weighted by atomic mass is 32.1. The van der Waals surface area contributed by atoms with E-state index in [4.69, 9.17) is 0 Å². The van der Waals surface area contributed by atoms with Gasteiger partial charge in [-0.05, 0) is 110 Å². The lowest BCUT2D eigenvalue weighted by Crippen LogP contribution is -2.45. The highest BCUT2D eigenvalue weighted by Gasteiger charge is 2.32. The highest BCUT2D eigenvalue weighted by molar-refractivity contribution is 7.19. The molecule has 2 aliphatic heterocycles. The maximum atomic E-state index is 14.1. The van der Waals surface area contributed by atoms with Gasteiger partial charge in [-0.2, -0.15) is 0 Å². The predicted octanol–water partition coefficient (Wildman–Crippen LogP) is 8.71. The van der Waals surface area contributed by atoms with Crippen LogP contribution in [0.25, 0.3) is 20.4 Å². The van der Waals surface area contributed by atoms with E-state index < -0.39 is 0 Å². The van der Waals surface area contributed by atoms with E-state index in [2.05, 4.69) is 30.5 Å². The average molecular weight is 881 g/mol. The van der Waals surface area contributed by atoms with Crippen LogP contribution in [0.1, 0.15) is 89.9 Å². The van der Waals surface area contributed by atoms with E-state index >= 15 is 0 Å². The quantitative estimate of drug-likeness (QED) is 0.114. The number of halogens is 2. The molecule has 8 rings (SSSR count). The van der Waals surface area contributed by atoms with Crippen LogP contribution < -0.4 is 10.6 Å². The Morgan fingerprint density at radius 3 is 1.74 bits per heavy atom. The number of fused-ring (bicyclic) bond motifs is 2. The van der Waals surface area contributed by atoms with Crippen LogP contribution in [0.2, 0.25) is 0 Å². The molecule has 0 spiro atoms. The van der Waals surface area contributed by atoms with Crippen molar-refractivity contribution >= 4 is 66.7 Å². The summed E-state index contributed by atoms with van der Waals surface area (Å²) in [5, 5.41) is 8.30. The van der Waals surface area contributed by atoms with Gasteiger partial charge in [0.05, 0.1) is 20.4 Å². The van der Waals surface area contributed by atoms with Crippen molar-refractivity contribution < 1.29 is 28.0 Å². The van der Waals surface area contributed by atoms with Crippen LogP contribution >= 0.6 is 22.7 Å². The number of thiophene rings is 2. The van der Waals surface area contributed by atoms with Gasteiger partial charge in [-0.3, -0.25) is 19.2 Å². The second-order valence-electron chi connectivity index (χ2n) is 17.3. The molecule has 0 bridgehead atoms. The summed E-state index contributed by atoms with van der Waals surface area (Å²) in [5.74, 6) is -0.522. The molecule has 10 nitrogen and oxygen atoms in total. The summed E-state index contributed by atoms with van der Waals surface area (Å²) in [4.78, 5) is 59.1. The van der Waals surface area contributed by atoms with Crippen LogP contribution in [0.4, 0.5) is 8.78 Å². The van der Waals surface area contributed by atoms with Gasteiger partial charge in [0.25, 0.3) is 11.8 Å². The molecule has 1 atom stereocenters. The summed E-state index contributed by atoms with van der Waals surface area (Å²) >= 11 is 3.18. The number of carbonyl (C=O) groups excluding carboxylic acids is 4. The molecule has 62 heavy (non-hydrogen) atoms. The van der Waals surface area contributed by atoms with Crippen LogP contribution in [-0.2, 0) is 29.1 Å². The molecule has 1 unspecified atom stereocenters. The van der Waals surface area contributed by atoms with Gasteiger partial charge in [-0.15, -0.1) is 22.7 Å². The van der Waals surface area contributed by atoms with Crippen molar-refractivity contribution in [3.8, 4) is 0 Å². The van der Waals surface area contributed by atoms with E-state index in [0.29, 0.717) is 95.2 Å². The molecule has 2 saturated heterocycles. The normalized spacial score (nSPS) is 15.8. The van der Waals surface area contributed by atoms with Gasteiger partial charge in [0.2, 0.25) is 11.8 Å². The molecule has 0 saturated carbocycles. The van der Waals surface area contributed by atoms with Gasteiger partial charge in [-0.1, -0.05) is 38.1 Å². The standard InChI is InChI=1S/C48H54F2N6O4S2/c1-30(2)12-18-51-45(57)34-13-19-53(20-14-34)48(60)42-27-44-40(56(42)29-33-6-10-37(50)11-7-33)25-38(62-44)24-31(3)52-46(58)35-15-21-54(22-16-35)47(59)41-26-43-39(17-23-61-43)55(41)28-32-4-8-36(49)9-5-32/h4-11,17,23,25-27,30-31,34-35H,12-16,18-22,24,28-29H2,1-3H3,(H,51,57)(H,52,58). The predicted molar refractivity (Wildman–Crippen MR) is 242 cm³/mol. The number of hydrogen-bond acceptors (Lipinski definition) is 6. The minimum atomic E-state index is -0.322. The van der Waals surface area contributed by atoms with Gasteiger partial charge in [0.1, 0.15) is 23.0 Å². The molecular weight excluding hydrogens is 827 g/mol. The third kappa shape index (κ3) is 9.81. The number of rotatable bonds is 14. The number of carbonyl (C=O) groups is 4. The highest BCUT2D eigenvalue weighted by Crippen LogP contribution is 2.33. The molecule has 0 radical (unpaired) electrons. The van der Waals surface area contributed by atoms with Gasteiger partial charge in [0.15, 0.2) is 0 Å². The Morgan fingerprint density at radius 2 is 1.19 bits per heavy atom. The van der Waals surface area contributed by atoms with E-state index in [1.165, 1.54) is 24.3 Å². The number of nitrogens with zero attached hydrogens (tertiary/aromatic N) is 4. The number of aromatic nitrogens is 2. The van der Waals surface area contributed by atoms with Crippen molar-refractivity contribution in [2.75, 3.05) is 32.7 Å². The molecule has 0 aliphatic carbocycles. The minimum absolute atomic E-state index is 0.0172. The fourth-order valence-electron chi connectivity index (χ4n) is 8.77. The molecule has 6 heterocycles. The van der Waals surface area contributed by atoms with Crippen molar-refractivity contribution in [2.24, 2.45) is 17.8 Å². The van der Waals surface area contributed by atoms with E-state index in [1.807, 2.05) is 49.4 Å². The third-order valence-electron chi connectivity index (χ3n) is 12.3. The van der Waals surface area contributed by atoms with E-state index in [0.717, 1.165) is 42.9 Å². The summed E-state index contributed by atoms with van der Waals surface area (Å²) in [6.07, 6.45) is 3.90. The molecule has 2 aromatic carbocycles. The summed E-state index contributed by atoms with van der Waals surface area (Å²) < 4.78 is 33.5. The molecule has 6 aromatic rings. The zero-order valence-corrected chi connectivity index (χ0v) is 37.1. The van der Waals surface area contributed by atoms with E-state index in [9.17, 15) is 28.0 Å². The minimum Gasteiger partial charge on any atom is -0.356 e. The first kappa shape index (κ1) is 43.3. The zero-order chi connectivity index (χ0) is 43.5. The first-order valence-corrected chi connectivity index (χ1v) is 23.4. The van der Waals surface area contributed by atoms with E-state index in [1.54, 1.807) is 46.9 Å². The largest absolute Gasteiger partial charge is 0.356 e. The smallest absolute Gasteiger partial charge is 0.270 e. The molecule has 2 fully saturated rings. The molecular formula is C48H54F2N6O4S2. The summed E-state index contributed by atoms with van der Waals surface area (Å²) in [6, 6.07) is 20.5. The van der Waals surface area contributed by atoms with Crippen LogP contribution in [0.15, 0.2) is 78.2 Å². The Morgan fingerprint density at radius 1 is 0.677 bits per heavy atom. The Labute approximate surface area is 368 Å². The fraction of sp³-hybridized carbons (Fsp3) is 0.417. The van der Waals surface area contributed by atoms with Crippen LogP contribution in [0, 0.1) is 29.4 Å². The average Bonchev–Trinajstić information content (AvgIpc) is 4.04. The maximum Gasteiger partial charge on any atom is 0.270 e. The molecule has 2 N–H and O–H groups in total. The lowest BCUT2D eigenvalue weighted by atomic mass is 9.95. The fourth-order valence-corrected chi connectivity index (χ4v) is 10.8. The van der Waals surface area contributed by atoms with Crippen molar-refractivity contribution in [3.63, 3.8) is 0 Å². The Balaban J connectivity index is 0.887. The van der Waals surface area contributed by atoms with Crippen molar-refractivity contribution in [1.29, 1.82) is 0 Å². The van der Waals surface area contributed by atoms with Crippen molar-refractivity contribution in [3.05, 3.63) is 117 Å². The molecule has 2 aliphatic rings. The first-order chi connectivity index (χ1) is 29.9. The summed E-state index contributed by atoms with van der Waals surface area (Å²) in [6.45, 7) is 9.72. The van der Waals surface area contributed by atoms with Crippen LogP contribution in [0.3, 0.4) is 0 Å². The summed E-state index contributed by atoms with van der Waals surface area (Å²) in [7, 11) is 0. The molecule has 326 valence electrons. The topological polar surface area (TPSA) is 109 Å². The molecule has 4 aromatic heterocycles. The Hall–Kier alpha value is -5.34. The first-order valence-electron chi connectivity index (χ1n) is 21.7. The van der Waals surface area contributed by atoms with Crippen LogP contribution in [0.5, 0.6) is 0 Å². The number of amides is 4. The second kappa shape index (κ2) is 19.0. The molecule has 14 heteroatoms. The van der Waals surface area contributed by atoms with Gasteiger partial charge in [0, 0.05) is 75.0 Å². The van der Waals surface area contributed by atoms with Crippen LogP contribution in [-0.4, -0.2) is 81.3 Å². The number of benzene rings is 2. The maximum absolute atomic E-state index is 14.1. The molecule has 4 amide bonds. The van der Waals surface area contributed by atoms with Gasteiger partial charge < -0.3 is 29.6 Å². The Kier molecular flexibility index (Phi) is 13.2. The zero-order valence-electron chi connectivity index (χ0n) is 35.5. The second-order valence-corrected chi connectivity index (χ2v) is 19.5. The number of likely N-dealkylation sites (tertiary alicyclic amines) is 2. The number of nitrogens with one attached hydrogen (secondary N) is 2. The number of piperidine rings is 2. The van der Waals surface area contributed by atoms with E-state index in [-0.39, 0.29) is 53.1 Å². The van der Waals surface area contributed by atoms with Gasteiger partial charge in [-0.25, -0.2) is 8.78 Å². The lowest BCUT2D eigenvalue weighted by Gasteiger charge is -2.32.